The van der Waals surface area contributed by atoms with Gasteiger partial charge in [0.15, 0.2) is 0 Å². The minimum absolute atomic E-state index is 0.649. The van der Waals surface area contributed by atoms with E-state index in [2.05, 4.69) is 43.1 Å². The number of hydrogen-bond acceptors (Lipinski definition) is 3. The van der Waals surface area contributed by atoms with E-state index < -0.39 is 0 Å². The van der Waals surface area contributed by atoms with Crippen molar-refractivity contribution in [2.45, 2.75) is 32.4 Å². The molecule has 1 aliphatic heterocycles. The van der Waals surface area contributed by atoms with Crippen LogP contribution in [0.2, 0.25) is 0 Å². The largest absolute Gasteiger partial charge is 0.313 e. The summed E-state index contributed by atoms with van der Waals surface area (Å²) < 4.78 is 0. The van der Waals surface area contributed by atoms with E-state index in [0.29, 0.717) is 12.1 Å². The van der Waals surface area contributed by atoms with E-state index in [1.807, 2.05) is 0 Å². The van der Waals surface area contributed by atoms with E-state index in [9.17, 15) is 0 Å². The van der Waals surface area contributed by atoms with Gasteiger partial charge in [-0.25, -0.2) is 0 Å². The Labute approximate surface area is 88.5 Å². The Kier molecular flexibility index (Phi) is 4.85. The standard InChI is InChI=1S/C11H25N3/c1-5-10(2)12-8-11-9-13(3)6-7-14(11)4/h10-12H,5-9H2,1-4H3. The molecule has 0 aromatic carbocycles. The summed E-state index contributed by atoms with van der Waals surface area (Å²) in [5.41, 5.74) is 0. The molecule has 1 heterocycles. The zero-order valence-electron chi connectivity index (χ0n) is 10.1. The zero-order valence-corrected chi connectivity index (χ0v) is 10.1. The third-order valence-corrected chi connectivity index (χ3v) is 3.29. The van der Waals surface area contributed by atoms with Crippen molar-refractivity contribution >= 4 is 0 Å². The van der Waals surface area contributed by atoms with Crippen LogP contribution in [0, 0.1) is 0 Å². The number of nitrogens with zero attached hydrogens (tertiary/aromatic N) is 2. The molecular weight excluding hydrogens is 174 g/mol. The summed E-state index contributed by atoms with van der Waals surface area (Å²) in [5.74, 6) is 0. The second kappa shape index (κ2) is 5.69. The molecule has 0 saturated carbocycles. The van der Waals surface area contributed by atoms with Gasteiger partial charge in [0.25, 0.3) is 0 Å². The van der Waals surface area contributed by atoms with Crippen molar-refractivity contribution in [3.8, 4) is 0 Å². The third kappa shape index (κ3) is 3.56. The van der Waals surface area contributed by atoms with E-state index in [1.165, 1.54) is 26.1 Å². The van der Waals surface area contributed by atoms with Crippen LogP contribution in [0.4, 0.5) is 0 Å². The van der Waals surface area contributed by atoms with Crippen molar-refractivity contribution in [1.82, 2.24) is 15.1 Å². The predicted octanol–water partition coefficient (Wildman–Crippen LogP) is 0.620. The molecule has 0 aromatic heterocycles. The van der Waals surface area contributed by atoms with Gasteiger partial charge in [-0.1, -0.05) is 6.92 Å². The second-order valence-electron chi connectivity index (χ2n) is 4.61. The van der Waals surface area contributed by atoms with E-state index >= 15 is 0 Å². The molecule has 2 atom stereocenters. The topological polar surface area (TPSA) is 18.5 Å². The maximum Gasteiger partial charge on any atom is 0.0345 e. The highest BCUT2D eigenvalue weighted by atomic mass is 15.3. The molecule has 3 heteroatoms. The highest BCUT2D eigenvalue weighted by Crippen LogP contribution is 2.05. The van der Waals surface area contributed by atoms with Crippen LogP contribution in [0.3, 0.4) is 0 Å². The smallest absolute Gasteiger partial charge is 0.0345 e. The SMILES string of the molecule is CCC(C)NCC1CN(C)CCN1C. The van der Waals surface area contributed by atoms with Gasteiger partial charge in [0, 0.05) is 38.3 Å². The van der Waals surface area contributed by atoms with Crippen LogP contribution in [0.5, 0.6) is 0 Å². The fraction of sp³-hybridized carbons (Fsp3) is 1.00. The molecule has 1 saturated heterocycles. The fourth-order valence-electron chi connectivity index (χ4n) is 1.80. The molecule has 0 aromatic rings. The van der Waals surface area contributed by atoms with Crippen molar-refractivity contribution in [3.05, 3.63) is 0 Å². The van der Waals surface area contributed by atoms with Gasteiger partial charge in [0.2, 0.25) is 0 Å². The second-order valence-corrected chi connectivity index (χ2v) is 4.61. The van der Waals surface area contributed by atoms with Gasteiger partial charge in [-0.2, -0.15) is 0 Å². The van der Waals surface area contributed by atoms with Crippen LogP contribution in [-0.2, 0) is 0 Å². The summed E-state index contributed by atoms with van der Waals surface area (Å²) in [6.45, 7) is 9.20. The number of rotatable bonds is 4. The first-order chi connectivity index (χ1) is 6.63. The predicted molar refractivity (Wildman–Crippen MR) is 61.7 cm³/mol. The summed E-state index contributed by atoms with van der Waals surface area (Å²) >= 11 is 0. The van der Waals surface area contributed by atoms with Gasteiger partial charge in [0.1, 0.15) is 0 Å². The molecule has 1 aliphatic rings. The summed E-state index contributed by atoms with van der Waals surface area (Å²) in [5, 5.41) is 3.58. The first kappa shape index (κ1) is 12.0. The summed E-state index contributed by atoms with van der Waals surface area (Å²) in [6, 6.07) is 1.33. The number of nitrogens with one attached hydrogen (secondary N) is 1. The molecule has 3 nitrogen and oxygen atoms in total. The first-order valence-electron chi connectivity index (χ1n) is 5.75. The molecule has 0 amide bonds. The number of piperazine rings is 1. The summed E-state index contributed by atoms with van der Waals surface area (Å²) in [6.07, 6.45) is 1.21. The first-order valence-corrected chi connectivity index (χ1v) is 5.75. The molecule has 0 radical (unpaired) electrons. The molecule has 0 spiro atoms. The van der Waals surface area contributed by atoms with E-state index in [4.69, 9.17) is 0 Å². The fourth-order valence-corrected chi connectivity index (χ4v) is 1.80. The normalized spacial score (nSPS) is 27.9. The maximum atomic E-state index is 3.58. The number of likely N-dealkylation sites (N-methyl/N-ethyl adjacent to an activating group) is 2. The van der Waals surface area contributed by atoms with Crippen LogP contribution >= 0.6 is 0 Å². The lowest BCUT2D eigenvalue weighted by atomic mass is 10.1. The van der Waals surface area contributed by atoms with Crippen LogP contribution in [0.25, 0.3) is 0 Å². The molecule has 84 valence electrons. The van der Waals surface area contributed by atoms with Crippen molar-refractivity contribution in [2.75, 3.05) is 40.3 Å². The van der Waals surface area contributed by atoms with Gasteiger partial charge in [-0.05, 0) is 27.4 Å². The maximum absolute atomic E-state index is 3.58. The lowest BCUT2D eigenvalue weighted by molar-refractivity contribution is 0.111. The van der Waals surface area contributed by atoms with Crippen LogP contribution in [0.15, 0.2) is 0 Å². The monoisotopic (exact) mass is 199 g/mol. The lowest BCUT2D eigenvalue weighted by Crippen LogP contribution is -2.54. The Morgan fingerprint density at radius 2 is 2.07 bits per heavy atom. The molecule has 0 bridgehead atoms. The summed E-state index contributed by atoms with van der Waals surface area (Å²) in [7, 11) is 4.44. The molecule has 2 unspecified atom stereocenters. The molecule has 1 fully saturated rings. The Morgan fingerprint density at radius 3 is 2.71 bits per heavy atom. The molecular formula is C11H25N3. The average molecular weight is 199 g/mol. The van der Waals surface area contributed by atoms with Crippen LogP contribution < -0.4 is 5.32 Å². The van der Waals surface area contributed by atoms with Gasteiger partial charge in [-0.15, -0.1) is 0 Å². The Hall–Kier alpha value is -0.120. The highest BCUT2D eigenvalue weighted by molar-refractivity contribution is 4.80. The van der Waals surface area contributed by atoms with Crippen LogP contribution in [-0.4, -0.2) is 62.2 Å². The Bertz CT molecular complexity index is 161. The van der Waals surface area contributed by atoms with Crippen molar-refractivity contribution in [2.24, 2.45) is 0 Å². The van der Waals surface area contributed by atoms with E-state index in [1.54, 1.807) is 0 Å². The van der Waals surface area contributed by atoms with E-state index in [-0.39, 0.29) is 0 Å². The Morgan fingerprint density at radius 1 is 1.36 bits per heavy atom. The van der Waals surface area contributed by atoms with Gasteiger partial charge < -0.3 is 10.2 Å². The molecule has 1 N–H and O–H groups in total. The van der Waals surface area contributed by atoms with Gasteiger partial charge >= 0.3 is 0 Å². The third-order valence-electron chi connectivity index (χ3n) is 3.29. The molecule has 14 heavy (non-hydrogen) atoms. The average Bonchev–Trinajstić information content (AvgIpc) is 2.19. The van der Waals surface area contributed by atoms with Crippen molar-refractivity contribution in [1.29, 1.82) is 0 Å². The quantitative estimate of drug-likeness (QED) is 0.716. The Balaban J connectivity index is 2.27. The number of hydrogen-bond donors (Lipinski definition) is 1. The van der Waals surface area contributed by atoms with Crippen molar-refractivity contribution in [3.63, 3.8) is 0 Å². The minimum atomic E-state index is 0.649. The summed E-state index contributed by atoms with van der Waals surface area (Å²) in [4.78, 5) is 4.89. The van der Waals surface area contributed by atoms with Crippen LogP contribution in [0.1, 0.15) is 20.3 Å². The van der Waals surface area contributed by atoms with Gasteiger partial charge in [-0.3, -0.25) is 4.90 Å². The highest BCUT2D eigenvalue weighted by Gasteiger charge is 2.21. The minimum Gasteiger partial charge on any atom is -0.313 e. The zero-order chi connectivity index (χ0) is 10.6. The molecule has 1 rings (SSSR count). The van der Waals surface area contributed by atoms with Crippen molar-refractivity contribution < 1.29 is 0 Å². The molecule has 0 aliphatic carbocycles. The lowest BCUT2D eigenvalue weighted by Gasteiger charge is -2.38. The van der Waals surface area contributed by atoms with Gasteiger partial charge in [0.05, 0.1) is 0 Å². The van der Waals surface area contributed by atoms with E-state index in [0.717, 1.165) is 6.54 Å².